The summed E-state index contributed by atoms with van der Waals surface area (Å²) in [6.07, 6.45) is 5.03. The Morgan fingerprint density at radius 1 is 1.22 bits per heavy atom. The minimum Gasteiger partial charge on any atom is -0.422 e. The molecular weight excluding hydrogens is 344 g/mol. The van der Waals surface area contributed by atoms with Gasteiger partial charge in [0.2, 0.25) is 5.91 Å². The van der Waals surface area contributed by atoms with Gasteiger partial charge >= 0.3 is 5.63 Å². The van der Waals surface area contributed by atoms with E-state index in [0.29, 0.717) is 31.1 Å². The number of amides is 2. The second-order valence-corrected chi connectivity index (χ2v) is 7.73. The lowest BCUT2D eigenvalue weighted by Gasteiger charge is -2.25. The zero-order valence-electron chi connectivity index (χ0n) is 15.5. The van der Waals surface area contributed by atoms with Crippen LogP contribution in [0, 0.1) is 5.92 Å². The molecule has 2 fully saturated rings. The summed E-state index contributed by atoms with van der Waals surface area (Å²) in [6, 6.07) is 9.09. The molecule has 27 heavy (non-hydrogen) atoms. The molecule has 1 saturated heterocycles. The van der Waals surface area contributed by atoms with Crippen LogP contribution in [-0.2, 0) is 4.79 Å². The number of fused-ring (bicyclic) bond motifs is 1. The Morgan fingerprint density at radius 2 is 1.96 bits per heavy atom. The van der Waals surface area contributed by atoms with Crippen molar-refractivity contribution in [3.8, 4) is 0 Å². The van der Waals surface area contributed by atoms with Gasteiger partial charge in [-0.15, -0.1) is 0 Å². The van der Waals surface area contributed by atoms with Gasteiger partial charge in [-0.1, -0.05) is 31.0 Å². The summed E-state index contributed by atoms with van der Waals surface area (Å²) >= 11 is 0. The van der Waals surface area contributed by atoms with Crippen LogP contribution in [0.4, 0.5) is 0 Å². The van der Waals surface area contributed by atoms with E-state index in [1.54, 1.807) is 25.2 Å². The SMILES string of the molecule is CN(CC1CC(=O)N(C2CCCC2)C1)C(=O)c1cc2ccccc2oc1=O. The van der Waals surface area contributed by atoms with E-state index in [9.17, 15) is 14.4 Å². The summed E-state index contributed by atoms with van der Waals surface area (Å²) in [5, 5.41) is 0.720. The predicted octanol–water partition coefficient (Wildman–Crippen LogP) is 2.66. The number of benzene rings is 1. The molecule has 142 valence electrons. The smallest absolute Gasteiger partial charge is 0.349 e. The van der Waals surface area contributed by atoms with Gasteiger partial charge in [0, 0.05) is 43.9 Å². The van der Waals surface area contributed by atoms with Gasteiger partial charge in [0.1, 0.15) is 11.1 Å². The van der Waals surface area contributed by atoms with Crippen molar-refractivity contribution in [3.63, 3.8) is 0 Å². The molecule has 1 aromatic heterocycles. The molecule has 6 heteroatoms. The molecule has 1 atom stereocenters. The fraction of sp³-hybridized carbons (Fsp3) is 0.476. The van der Waals surface area contributed by atoms with Crippen molar-refractivity contribution in [2.75, 3.05) is 20.1 Å². The molecule has 0 spiro atoms. The average Bonchev–Trinajstić information content (AvgIpc) is 3.30. The summed E-state index contributed by atoms with van der Waals surface area (Å²) in [5.41, 5.74) is -0.121. The van der Waals surface area contributed by atoms with Gasteiger partial charge in [0.25, 0.3) is 5.91 Å². The van der Waals surface area contributed by atoms with E-state index >= 15 is 0 Å². The van der Waals surface area contributed by atoms with Crippen LogP contribution in [0.25, 0.3) is 11.0 Å². The Kier molecular flexibility index (Phi) is 4.72. The van der Waals surface area contributed by atoms with E-state index in [2.05, 4.69) is 0 Å². The summed E-state index contributed by atoms with van der Waals surface area (Å²) in [7, 11) is 1.68. The molecule has 1 aliphatic carbocycles. The maximum Gasteiger partial charge on any atom is 0.349 e. The van der Waals surface area contributed by atoms with Crippen molar-refractivity contribution in [1.29, 1.82) is 0 Å². The molecule has 2 aliphatic rings. The molecule has 0 radical (unpaired) electrons. The van der Waals surface area contributed by atoms with E-state index in [0.717, 1.165) is 18.2 Å². The molecule has 2 amide bonds. The Hall–Kier alpha value is -2.63. The first kappa shape index (κ1) is 17.8. The van der Waals surface area contributed by atoms with Gasteiger partial charge in [0.05, 0.1) is 0 Å². The van der Waals surface area contributed by atoms with Crippen molar-refractivity contribution >= 4 is 22.8 Å². The van der Waals surface area contributed by atoms with Gasteiger partial charge < -0.3 is 14.2 Å². The predicted molar refractivity (Wildman–Crippen MR) is 102 cm³/mol. The highest BCUT2D eigenvalue weighted by atomic mass is 16.4. The standard InChI is InChI=1S/C21H24N2O4/c1-22(12-14-10-19(24)23(13-14)16-7-3-4-8-16)20(25)17-11-15-6-2-5-9-18(15)27-21(17)26/h2,5-6,9,11,14,16H,3-4,7-8,10,12-13H2,1H3. The maximum absolute atomic E-state index is 12.8. The lowest BCUT2D eigenvalue weighted by atomic mass is 10.1. The fourth-order valence-corrected chi connectivity index (χ4v) is 4.39. The molecule has 0 bridgehead atoms. The van der Waals surface area contributed by atoms with E-state index in [1.807, 2.05) is 17.0 Å². The van der Waals surface area contributed by atoms with Crippen molar-refractivity contribution in [2.24, 2.45) is 5.92 Å². The minimum absolute atomic E-state index is 0.0353. The van der Waals surface area contributed by atoms with Crippen molar-refractivity contribution in [3.05, 3.63) is 46.3 Å². The normalized spacial score (nSPS) is 20.6. The number of carbonyl (C=O) groups is 2. The van der Waals surface area contributed by atoms with Gasteiger partial charge in [-0.05, 0) is 25.0 Å². The topological polar surface area (TPSA) is 70.8 Å². The maximum atomic E-state index is 12.8. The van der Waals surface area contributed by atoms with Gasteiger partial charge in [-0.2, -0.15) is 0 Å². The van der Waals surface area contributed by atoms with Crippen LogP contribution in [0.3, 0.4) is 0 Å². The lowest BCUT2D eigenvalue weighted by molar-refractivity contribution is -0.129. The molecule has 2 aromatic rings. The second-order valence-electron chi connectivity index (χ2n) is 7.73. The molecule has 2 heterocycles. The third-order valence-corrected chi connectivity index (χ3v) is 5.75. The van der Waals surface area contributed by atoms with Crippen molar-refractivity contribution in [2.45, 2.75) is 38.1 Å². The largest absolute Gasteiger partial charge is 0.422 e. The van der Waals surface area contributed by atoms with E-state index in [-0.39, 0.29) is 23.3 Å². The molecule has 1 aromatic carbocycles. The number of rotatable bonds is 4. The zero-order valence-corrected chi connectivity index (χ0v) is 15.5. The van der Waals surface area contributed by atoms with Crippen LogP contribution in [0.2, 0.25) is 0 Å². The number of para-hydroxylation sites is 1. The Bertz CT molecular complexity index is 929. The number of nitrogens with zero attached hydrogens (tertiary/aromatic N) is 2. The molecule has 1 saturated carbocycles. The number of carbonyl (C=O) groups excluding carboxylic acids is 2. The number of likely N-dealkylation sites (tertiary alicyclic amines) is 1. The molecule has 0 N–H and O–H groups in total. The van der Waals surface area contributed by atoms with Gasteiger partial charge in [0.15, 0.2) is 0 Å². The lowest BCUT2D eigenvalue weighted by Crippen LogP contribution is -2.37. The highest BCUT2D eigenvalue weighted by molar-refractivity contribution is 5.96. The Labute approximate surface area is 157 Å². The van der Waals surface area contributed by atoms with Crippen LogP contribution < -0.4 is 5.63 Å². The van der Waals surface area contributed by atoms with Crippen molar-refractivity contribution in [1.82, 2.24) is 9.80 Å². The van der Waals surface area contributed by atoms with Gasteiger partial charge in [-0.3, -0.25) is 9.59 Å². The highest BCUT2D eigenvalue weighted by Crippen LogP contribution is 2.29. The van der Waals surface area contributed by atoms with Gasteiger partial charge in [-0.25, -0.2) is 4.79 Å². The monoisotopic (exact) mass is 368 g/mol. The summed E-state index contributed by atoms with van der Waals surface area (Å²) in [6.45, 7) is 1.16. The van der Waals surface area contributed by atoms with Crippen LogP contribution >= 0.6 is 0 Å². The van der Waals surface area contributed by atoms with Crippen LogP contribution in [0.5, 0.6) is 0 Å². The number of hydrogen-bond donors (Lipinski definition) is 0. The average molecular weight is 368 g/mol. The van der Waals surface area contributed by atoms with Crippen LogP contribution in [0.1, 0.15) is 42.5 Å². The van der Waals surface area contributed by atoms with Crippen molar-refractivity contribution < 1.29 is 14.0 Å². The minimum atomic E-state index is -0.624. The number of hydrogen-bond acceptors (Lipinski definition) is 4. The summed E-state index contributed by atoms with van der Waals surface area (Å²) in [4.78, 5) is 40.9. The quantitative estimate of drug-likeness (QED) is 0.778. The molecule has 6 nitrogen and oxygen atoms in total. The molecule has 1 aliphatic heterocycles. The second kappa shape index (κ2) is 7.18. The highest BCUT2D eigenvalue weighted by Gasteiger charge is 2.36. The Balaban J connectivity index is 1.46. The van der Waals surface area contributed by atoms with E-state index in [1.165, 1.54) is 17.7 Å². The zero-order chi connectivity index (χ0) is 19.0. The third kappa shape index (κ3) is 3.48. The summed E-state index contributed by atoms with van der Waals surface area (Å²) < 4.78 is 5.27. The summed E-state index contributed by atoms with van der Waals surface area (Å²) in [5.74, 6) is -0.0567. The van der Waals surface area contributed by atoms with E-state index < -0.39 is 5.63 Å². The molecule has 1 unspecified atom stereocenters. The third-order valence-electron chi connectivity index (χ3n) is 5.75. The fourth-order valence-electron chi connectivity index (χ4n) is 4.39. The first-order valence-electron chi connectivity index (χ1n) is 9.61. The first-order valence-corrected chi connectivity index (χ1v) is 9.61. The molecular formula is C21H24N2O4. The van der Waals surface area contributed by atoms with Crippen LogP contribution in [-0.4, -0.2) is 47.8 Å². The Morgan fingerprint density at radius 3 is 2.74 bits per heavy atom. The molecule has 4 rings (SSSR count). The van der Waals surface area contributed by atoms with Crippen LogP contribution in [0.15, 0.2) is 39.5 Å². The van der Waals surface area contributed by atoms with E-state index in [4.69, 9.17) is 4.42 Å². The first-order chi connectivity index (χ1) is 13.0.